The number of nitrogen functional groups attached to an aromatic ring is 1. The average Bonchev–Trinajstić information content (AvgIpc) is 2.58. The summed E-state index contributed by atoms with van der Waals surface area (Å²) in [6, 6.07) is 13.4. The highest BCUT2D eigenvalue weighted by molar-refractivity contribution is 6.07. The van der Waals surface area contributed by atoms with Crippen molar-refractivity contribution in [3.05, 3.63) is 53.6 Å². The number of rotatable bonds is 3. The van der Waals surface area contributed by atoms with Gasteiger partial charge in [0.15, 0.2) is 0 Å². The Morgan fingerprint density at radius 2 is 1.83 bits per heavy atom. The van der Waals surface area contributed by atoms with E-state index in [0.29, 0.717) is 11.3 Å². The van der Waals surface area contributed by atoms with Gasteiger partial charge in [-0.05, 0) is 56.0 Å². The lowest BCUT2D eigenvalue weighted by molar-refractivity contribution is 0.102. The summed E-state index contributed by atoms with van der Waals surface area (Å²) >= 11 is 0. The third kappa shape index (κ3) is 3.47. The molecule has 0 spiro atoms. The van der Waals surface area contributed by atoms with Gasteiger partial charge in [-0.25, -0.2) is 0 Å². The van der Waals surface area contributed by atoms with Crippen molar-refractivity contribution < 1.29 is 4.79 Å². The highest BCUT2D eigenvalue weighted by Crippen LogP contribution is 2.29. The Labute approximate surface area is 137 Å². The minimum Gasteiger partial charge on any atom is -0.399 e. The van der Waals surface area contributed by atoms with Crippen molar-refractivity contribution in [2.24, 2.45) is 0 Å². The van der Waals surface area contributed by atoms with Crippen molar-refractivity contribution in [1.82, 2.24) is 0 Å². The highest BCUT2D eigenvalue weighted by atomic mass is 16.1. The first kappa shape index (κ1) is 15.4. The topological polar surface area (TPSA) is 58.4 Å². The number of para-hydroxylation sites is 2. The molecule has 1 aliphatic rings. The molecule has 1 fully saturated rings. The van der Waals surface area contributed by atoms with E-state index in [2.05, 4.69) is 16.3 Å². The van der Waals surface area contributed by atoms with Gasteiger partial charge in [0, 0.05) is 24.3 Å². The van der Waals surface area contributed by atoms with Gasteiger partial charge in [0.05, 0.1) is 11.4 Å². The molecule has 2 aromatic carbocycles. The first-order valence-corrected chi connectivity index (χ1v) is 8.16. The third-order valence-corrected chi connectivity index (χ3v) is 4.36. The van der Waals surface area contributed by atoms with Crippen LogP contribution in [0.25, 0.3) is 0 Å². The number of carbonyl (C=O) groups is 1. The zero-order chi connectivity index (χ0) is 16.2. The molecular formula is C19H23N3O. The van der Waals surface area contributed by atoms with Crippen LogP contribution >= 0.6 is 0 Å². The van der Waals surface area contributed by atoms with Crippen molar-refractivity contribution in [2.45, 2.75) is 26.2 Å². The monoisotopic (exact) mass is 309 g/mol. The SMILES string of the molecule is Cc1ccc(N)cc1C(=O)Nc1ccccc1N1CCCCC1. The number of nitrogens with two attached hydrogens (primary N) is 1. The van der Waals surface area contributed by atoms with E-state index in [1.807, 2.05) is 37.3 Å². The van der Waals surface area contributed by atoms with E-state index in [4.69, 9.17) is 5.73 Å². The fourth-order valence-electron chi connectivity index (χ4n) is 3.06. The second kappa shape index (κ2) is 6.73. The van der Waals surface area contributed by atoms with Gasteiger partial charge < -0.3 is 16.0 Å². The Morgan fingerprint density at radius 1 is 1.09 bits per heavy atom. The van der Waals surface area contributed by atoms with E-state index in [0.717, 1.165) is 30.0 Å². The number of benzene rings is 2. The Hall–Kier alpha value is -2.49. The highest BCUT2D eigenvalue weighted by Gasteiger charge is 2.16. The Kier molecular flexibility index (Phi) is 4.51. The molecule has 0 atom stereocenters. The molecule has 3 rings (SSSR count). The van der Waals surface area contributed by atoms with Crippen LogP contribution in [0.4, 0.5) is 17.1 Å². The fraction of sp³-hybridized carbons (Fsp3) is 0.316. The van der Waals surface area contributed by atoms with Gasteiger partial charge in [-0.15, -0.1) is 0 Å². The number of amides is 1. The fourth-order valence-corrected chi connectivity index (χ4v) is 3.06. The molecule has 120 valence electrons. The number of nitrogens with zero attached hydrogens (tertiary/aromatic N) is 1. The number of hydrogen-bond donors (Lipinski definition) is 2. The van der Waals surface area contributed by atoms with Gasteiger partial charge in [0.25, 0.3) is 5.91 Å². The van der Waals surface area contributed by atoms with E-state index in [9.17, 15) is 4.79 Å². The van der Waals surface area contributed by atoms with Crippen molar-refractivity contribution in [3.63, 3.8) is 0 Å². The zero-order valence-corrected chi connectivity index (χ0v) is 13.5. The summed E-state index contributed by atoms with van der Waals surface area (Å²) in [5.41, 5.74) is 9.93. The van der Waals surface area contributed by atoms with E-state index in [1.165, 1.54) is 19.3 Å². The van der Waals surface area contributed by atoms with Crippen LogP contribution in [0.5, 0.6) is 0 Å². The van der Waals surface area contributed by atoms with E-state index >= 15 is 0 Å². The van der Waals surface area contributed by atoms with Crippen LogP contribution < -0.4 is 16.0 Å². The molecule has 1 aliphatic heterocycles. The summed E-state index contributed by atoms with van der Waals surface area (Å²) in [4.78, 5) is 15.0. The Balaban J connectivity index is 1.85. The van der Waals surface area contributed by atoms with E-state index in [1.54, 1.807) is 6.07 Å². The molecule has 0 bridgehead atoms. The standard InChI is InChI=1S/C19H23N3O/c1-14-9-10-15(20)13-16(14)19(23)21-17-7-3-4-8-18(17)22-11-5-2-6-12-22/h3-4,7-10,13H,2,5-6,11-12,20H2,1H3,(H,21,23). The molecule has 0 radical (unpaired) electrons. The average molecular weight is 309 g/mol. The maximum Gasteiger partial charge on any atom is 0.256 e. The molecule has 4 nitrogen and oxygen atoms in total. The van der Waals surface area contributed by atoms with Crippen LogP contribution in [0.3, 0.4) is 0 Å². The molecule has 1 amide bonds. The van der Waals surface area contributed by atoms with Crippen molar-refractivity contribution in [3.8, 4) is 0 Å². The van der Waals surface area contributed by atoms with Crippen LogP contribution in [-0.2, 0) is 0 Å². The van der Waals surface area contributed by atoms with Crippen LogP contribution in [0.1, 0.15) is 35.2 Å². The summed E-state index contributed by atoms with van der Waals surface area (Å²) in [5.74, 6) is -0.112. The number of hydrogen-bond acceptors (Lipinski definition) is 3. The minimum atomic E-state index is -0.112. The summed E-state index contributed by atoms with van der Waals surface area (Å²) in [7, 11) is 0. The normalized spacial score (nSPS) is 14.6. The predicted molar refractivity (Wildman–Crippen MR) is 96.1 cm³/mol. The smallest absolute Gasteiger partial charge is 0.256 e. The summed E-state index contributed by atoms with van der Waals surface area (Å²) in [5, 5.41) is 3.06. The molecule has 4 heteroatoms. The van der Waals surface area contributed by atoms with Crippen molar-refractivity contribution >= 4 is 23.0 Å². The van der Waals surface area contributed by atoms with Crippen LogP contribution in [0.2, 0.25) is 0 Å². The molecule has 0 saturated carbocycles. The Bertz CT molecular complexity index is 706. The quantitative estimate of drug-likeness (QED) is 0.847. The third-order valence-electron chi connectivity index (χ3n) is 4.36. The molecule has 0 unspecified atom stereocenters. The summed E-state index contributed by atoms with van der Waals surface area (Å²) in [6.07, 6.45) is 3.70. The van der Waals surface area contributed by atoms with Gasteiger partial charge in [0.1, 0.15) is 0 Å². The summed E-state index contributed by atoms with van der Waals surface area (Å²) < 4.78 is 0. The summed E-state index contributed by atoms with van der Waals surface area (Å²) in [6.45, 7) is 4.01. The molecular weight excluding hydrogens is 286 g/mol. The zero-order valence-electron chi connectivity index (χ0n) is 13.5. The molecule has 2 aromatic rings. The molecule has 3 N–H and O–H groups in total. The first-order valence-electron chi connectivity index (χ1n) is 8.16. The number of anilines is 3. The molecule has 1 heterocycles. The maximum absolute atomic E-state index is 12.6. The molecule has 0 aromatic heterocycles. The molecule has 23 heavy (non-hydrogen) atoms. The van der Waals surface area contributed by atoms with Crippen molar-refractivity contribution in [2.75, 3.05) is 29.0 Å². The lowest BCUT2D eigenvalue weighted by Crippen LogP contribution is -2.30. The van der Waals surface area contributed by atoms with Gasteiger partial charge in [-0.1, -0.05) is 18.2 Å². The maximum atomic E-state index is 12.6. The van der Waals surface area contributed by atoms with Crippen LogP contribution in [0.15, 0.2) is 42.5 Å². The Morgan fingerprint density at radius 3 is 2.61 bits per heavy atom. The minimum absolute atomic E-state index is 0.112. The van der Waals surface area contributed by atoms with Gasteiger partial charge >= 0.3 is 0 Å². The molecule has 0 aliphatic carbocycles. The van der Waals surface area contributed by atoms with Crippen LogP contribution in [-0.4, -0.2) is 19.0 Å². The van der Waals surface area contributed by atoms with Gasteiger partial charge in [0.2, 0.25) is 0 Å². The van der Waals surface area contributed by atoms with Gasteiger partial charge in [-0.3, -0.25) is 4.79 Å². The number of piperidine rings is 1. The lowest BCUT2D eigenvalue weighted by Gasteiger charge is -2.30. The van der Waals surface area contributed by atoms with Crippen LogP contribution in [0, 0.1) is 6.92 Å². The predicted octanol–water partition coefficient (Wildman–Crippen LogP) is 3.82. The number of nitrogens with one attached hydrogen (secondary N) is 1. The van der Waals surface area contributed by atoms with Gasteiger partial charge in [-0.2, -0.15) is 0 Å². The second-order valence-electron chi connectivity index (χ2n) is 6.09. The molecule has 1 saturated heterocycles. The van der Waals surface area contributed by atoms with Crippen molar-refractivity contribution in [1.29, 1.82) is 0 Å². The second-order valence-corrected chi connectivity index (χ2v) is 6.09. The lowest BCUT2D eigenvalue weighted by atomic mass is 10.1. The largest absolute Gasteiger partial charge is 0.399 e. The number of carbonyl (C=O) groups excluding carboxylic acids is 1. The van der Waals surface area contributed by atoms with E-state index < -0.39 is 0 Å². The van der Waals surface area contributed by atoms with E-state index in [-0.39, 0.29) is 5.91 Å². The number of aryl methyl sites for hydroxylation is 1. The first-order chi connectivity index (χ1) is 11.1.